The predicted molar refractivity (Wildman–Crippen MR) is 105 cm³/mol. The van der Waals surface area contributed by atoms with Crippen LogP contribution in [0.2, 0.25) is 0 Å². The fourth-order valence-electron chi connectivity index (χ4n) is 3.45. The monoisotopic (exact) mass is 371 g/mol. The molecule has 1 atom stereocenters. The molecule has 3 rings (SSSR count). The number of hydrogen-bond donors (Lipinski definition) is 1. The highest BCUT2D eigenvalue weighted by Gasteiger charge is 2.26. The second-order valence-electron chi connectivity index (χ2n) is 7.90. The smallest absolute Gasteiger partial charge is 0.252 e. The van der Waals surface area contributed by atoms with Gasteiger partial charge in [-0.2, -0.15) is 5.10 Å². The summed E-state index contributed by atoms with van der Waals surface area (Å²) in [7, 11) is 0. The third-order valence-corrected chi connectivity index (χ3v) is 5.05. The highest BCUT2D eigenvalue weighted by atomic mass is 16.2. The number of carbonyl (C=O) groups excluding carboxylic acids is 2. The predicted octanol–water partition coefficient (Wildman–Crippen LogP) is 2.88. The summed E-state index contributed by atoms with van der Waals surface area (Å²) in [4.78, 5) is 32.1. The minimum Gasteiger partial charge on any atom is -0.341 e. The molecule has 1 aliphatic heterocycles. The van der Waals surface area contributed by atoms with Crippen LogP contribution in [0.5, 0.6) is 0 Å². The SMILES string of the molecule is CC(C)c1cc(C(=O)N[C@H](C)C(=O)N2CCCC2)c2cnn(C(C)C)c2n1. The van der Waals surface area contributed by atoms with Gasteiger partial charge in [-0.15, -0.1) is 0 Å². The van der Waals surface area contributed by atoms with Crippen molar-refractivity contribution in [3.63, 3.8) is 0 Å². The molecule has 2 amide bonds. The molecule has 1 N–H and O–H groups in total. The van der Waals surface area contributed by atoms with E-state index in [0.29, 0.717) is 16.6 Å². The van der Waals surface area contributed by atoms with E-state index in [1.807, 2.05) is 43.3 Å². The highest BCUT2D eigenvalue weighted by molar-refractivity contribution is 6.06. The summed E-state index contributed by atoms with van der Waals surface area (Å²) in [5, 5.41) is 8.00. The van der Waals surface area contributed by atoms with Crippen molar-refractivity contribution in [3.8, 4) is 0 Å². The average Bonchev–Trinajstić information content (AvgIpc) is 3.29. The van der Waals surface area contributed by atoms with Crippen molar-refractivity contribution < 1.29 is 9.59 Å². The van der Waals surface area contributed by atoms with Crippen LogP contribution < -0.4 is 5.32 Å². The first kappa shape index (κ1) is 19.3. The minimum atomic E-state index is -0.554. The van der Waals surface area contributed by atoms with Crippen LogP contribution in [0.3, 0.4) is 0 Å². The molecule has 2 aromatic rings. The van der Waals surface area contributed by atoms with Gasteiger partial charge in [-0.3, -0.25) is 9.59 Å². The second-order valence-corrected chi connectivity index (χ2v) is 7.90. The molecule has 1 saturated heterocycles. The van der Waals surface area contributed by atoms with E-state index in [2.05, 4.69) is 10.4 Å². The van der Waals surface area contributed by atoms with Crippen molar-refractivity contribution >= 4 is 22.8 Å². The molecule has 0 aliphatic carbocycles. The lowest BCUT2D eigenvalue weighted by atomic mass is 10.0. The van der Waals surface area contributed by atoms with Gasteiger partial charge in [0.2, 0.25) is 5.91 Å². The van der Waals surface area contributed by atoms with Gasteiger partial charge in [0.05, 0.1) is 17.1 Å². The summed E-state index contributed by atoms with van der Waals surface area (Å²) in [5.74, 6) is -0.0964. The van der Waals surface area contributed by atoms with Crippen LogP contribution in [0, 0.1) is 0 Å². The van der Waals surface area contributed by atoms with E-state index in [1.165, 1.54) is 0 Å². The van der Waals surface area contributed by atoms with E-state index in [0.717, 1.165) is 31.6 Å². The first-order chi connectivity index (χ1) is 12.8. The zero-order valence-electron chi connectivity index (χ0n) is 16.8. The lowest BCUT2D eigenvalue weighted by molar-refractivity contribution is -0.131. The standard InChI is InChI=1S/C20H29N5O2/c1-12(2)17-10-15(16-11-21-25(13(3)4)18(16)23-17)19(26)22-14(5)20(27)24-8-6-7-9-24/h10-14H,6-9H2,1-5H3,(H,22,26)/t14-/m1/s1. The molecule has 0 spiro atoms. The second kappa shape index (κ2) is 7.66. The molecule has 27 heavy (non-hydrogen) atoms. The van der Waals surface area contributed by atoms with E-state index in [4.69, 9.17) is 4.98 Å². The quantitative estimate of drug-likeness (QED) is 0.876. The molecule has 7 nitrogen and oxygen atoms in total. The van der Waals surface area contributed by atoms with Crippen LogP contribution in [0.4, 0.5) is 0 Å². The molecule has 2 aromatic heterocycles. The summed E-state index contributed by atoms with van der Waals surface area (Å²) in [6.45, 7) is 11.5. The zero-order valence-corrected chi connectivity index (χ0v) is 16.8. The van der Waals surface area contributed by atoms with Gasteiger partial charge in [-0.1, -0.05) is 13.8 Å². The molecule has 7 heteroatoms. The van der Waals surface area contributed by atoms with Crippen molar-refractivity contribution in [1.82, 2.24) is 25.0 Å². The van der Waals surface area contributed by atoms with Gasteiger partial charge in [0.1, 0.15) is 6.04 Å². The molecule has 146 valence electrons. The third kappa shape index (κ3) is 3.82. The molecule has 0 aromatic carbocycles. The normalized spacial score (nSPS) is 15.7. The van der Waals surface area contributed by atoms with Gasteiger partial charge >= 0.3 is 0 Å². The molecule has 0 radical (unpaired) electrons. The van der Waals surface area contributed by atoms with Gasteiger partial charge in [0.15, 0.2) is 5.65 Å². The van der Waals surface area contributed by atoms with Crippen LogP contribution >= 0.6 is 0 Å². The number of likely N-dealkylation sites (tertiary alicyclic amines) is 1. The van der Waals surface area contributed by atoms with E-state index in [1.54, 1.807) is 13.1 Å². The van der Waals surface area contributed by atoms with Crippen molar-refractivity contribution in [1.29, 1.82) is 0 Å². The van der Waals surface area contributed by atoms with Crippen molar-refractivity contribution in [2.24, 2.45) is 0 Å². The molecular weight excluding hydrogens is 342 g/mol. The number of nitrogens with one attached hydrogen (secondary N) is 1. The Morgan fingerprint density at radius 3 is 2.37 bits per heavy atom. The van der Waals surface area contributed by atoms with Crippen LogP contribution in [-0.2, 0) is 4.79 Å². The fraction of sp³-hybridized carbons (Fsp3) is 0.600. The van der Waals surface area contributed by atoms with Gasteiger partial charge in [-0.25, -0.2) is 9.67 Å². The number of nitrogens with zero attached hydrogens (tertiary/aromatic N) is 4. The molecule has 0 unspecified atom stereocenters. The Morgan fingerprint density at radius 1 is 1.11 bits per heavy atom. The molecule has 3 heterocycles. The molecule has 1 aliphatic rings. The molecule has 0 bridgehead atoms. The molecular formula is C20H29N5O2. The van der Waals surface area contributed by atoms with Gasteiger partial charge in [0, 0.05) is 24.8 Å². The number of hydrogen-bond acceptors (Lipinski definition) is 4. The summed E-state index contributed by atoms with van der Waals surface area (Å²) in [6.07, 6.45) is 3.75. The number of carbonyl (C=O) groups is 2. The Hall–Kier alpha value is -2.44. The Balaban J connectivity index is 1.92. The zero-order chi connectivity index (χ0) is 19.7. The summed E-state index contributed by atoms with van der Waals surface area (Å²) in [5.41, 5.74) is 2.07. The first-order valence-corrected chi connectivity index (χ1v) is 9.77. The van der Waals surface area contributed by atoms with E-state index >= 15 is 0 Å². The Morgan fingerprint density at radius 2 is 1.78 bits per heavy atom. The molecule has 0 saturated carbocycles. The lowest BCUT2D eigenvalue weighted by Crippen LogP contribution is -2.46. The van der Waals surface area contributed by atoms with Crippen molar-refractivity contribution in [3.05, 3.63) is 23.5 Å². The van der Waals surface area contributed by atoms with Crippen LogP contribution in [0.1, 0.15) is 75.5 Å². The molecule has 1 fully saturated rings. The van der Waals surface area contributed by atoms with Crippen LogP contribution in [0.25, 0.3) is 11.0 Å². The Bertz CT molecular complexity index is 849. The average molecular weight is 371 g/mol. The number of amides is 2. The summed E-state index contributed by atoms with van der Waals surface area (Å²) in [6, 6.07) is 1.41. The Kier molecular flexibility index (Phi) is 5.48. The first-order valence-electron chi connectivity index (χ1n) is 9.77. The summed E-state index contributed by atoms with van der Waals surface area (Å²) >= 11 is 0. The topological polar surface area (TPSA) is 80.1 Å². The van der Waals surface area contributed by atoms with E-state index in [9.17, 15) is 9.59 Å². The number of pyridine rings is 1. The summed E-state index contributed by atoms with van der Waals surface area (Å²) < 4.78 is 1.83. The van der Waals surface area contributed by atoms with Gasteiger partial charge in [0.25, 0.3) is 5.91 Å². The third-order valence-electron chi connectivity index (χ3n) is 5.05. The van der Waals surface area contributed by atoms with Gasteiger partial charge < -0.3 is 10.2 Å². The maximum atomic E-state index is 13.0. The number of rotatable bonds is 5. The lowest BCUT2D eigenvalue weighted by Gasteiger charge is -2.21. The minimum absolute atomic E-state index is 0.0203. The van der Waals surface area contributed by atoms with Crippen LogP contribution in [-0.4, -0.2) is 50.6 Å². The van der Waals surface area contributed by atoms with Crippen LogP contribution in [0.15, 0.2) is 12.3 Å². The highest BCUT2D eigenvalue weighted by Crippen LogP contribution is 2.24. The van der Waals surface area contributed by atoms with Gasteiger partial charge in [-0.05, 0) is 45.6 Å². The maximum Gasteiger partial charge on any atom is 0.252 e. The fourth-order valence-corrected chi connectivity index (χ4v) is 3.45. The largest absolute Gasteiger partial charge is 0.341 e. The number of fused-ring (bicyclic) bond motifs is 1. The van der Waals surface area contributed by atoms with Crippen molar-refractivity contribution in [2.75, 3.05) is 13.1 Å². The van der Waals surface area contributed by atoms with Crippen molar-refractivity contribution in [2.45, 2.75) is 65.5 Å². The maximum absolute atomic E-state index is 13.0. The Labute approximate surface area is 160 Å². The van der Waals surface area contributed by atoms with E-state index in [-0.39, 0.29) is 23.8 Å². The van der Waals surface area contributed by atoms with E-state index < -0.39 is 6.04 Å². The number of aromatic nitrogens is 3.